The van der Waals surface area contributed by atoms with Gasteiger partial charge in [0.15, 0.2) is 0 Å². The molecule has 1 aliphatic carbocycles. The highest BCUT2D eigenvalue weighted by atomic mass is 16.2. The molecule has 5 nitrogen and oxygen atoms in total. The summed E-state index contributed by atoms with van der Waals surface area (Å²) in [4.78, 5) is 37.4. The number of urea groups is 1. The molecular formula is C15H20N2O3. The number of nitrogens with zero attached hydrogens (tertiary/aromatic N) is 2. The smallest absolute Gasteiger partial charge is 0.268 e. The van der Waals surface area contributed by atoms with Gasteiger partial charge >= 0.3 is 6.03 Å². The Morgan fingerprint density at radius 2 is 1.50 bits per heavy atom. The molecule has 0 aromatic carbocycles. The fraction of sp³-hybridized carbons (Fsp3) is 0.533. The second-order valence-corrected chi connectivity index (χ2v) is 5.37. The SMILES string of the molecule is CN1C(=O)C(=C/C=C/C2CCCCC2)C(=O)N(C)C1=O. The van der Waals surface area contributed by atoms with Gasteiger partial charge in [-0.05, 0) is 24.8 Å². The molecule has 5 heteroatoms. The summed E-state index contributed by atoms with van der Waals surface area (Å²) in [6.45, 7) is 0. The number of imide groups is 2. The van der Waals surface area contributed by atoms with Crippen molar-refractivity contribution in [2.24, 2.45) is 5.92 Å². The number of allylic oxidation sites excluding steroid dienone is 3. The maximum atomic E-state index is 11.9. The lowest BCUT2D eigenvalue weighted by Gasteiger charge is -2.28. The molecule has 4 amide bonds. The lowest BCUT2D eigenvalue weighted by molar-refractivity contribution is -0.134. The van der Waals surface area contributed by atoms with E-state index >= 15 is 0 Å². The minimum absolute atomic E-state index is 0.0432. The average molecular weight is 276 g/mol. The minimum atomic E-state index is -0.589. The molecule has 0 N–H and O–H groups in total. The van der Waals surface area contributed by atoms with Crippen molar-refractivity contribution in [3.63, 3.8) is 0 Å². The van der Waals surface area contributed by atoms with E-state index in [0.717, 1.165) is 9.80 Å². The number of likely N-dealkylation sites (N-methyl/N-ethyl adjacent to an activating group) is 2. The van der Waals surface area contributed by atoms with Crippen LogP contribution in [0.1, 0.15) is 32.1 Å². The first kappa shape index (κ1) is 14.5. The third-order valence-electron chi connectivity index (χ3n) is 3.94. The van der Waals surface area contributed by atoms with E-state index in [-0.39, 0.29) is 5.57 Å². The van der Waals surface area contributed by atoms with Gasteiger partial charge in [-0.25, -0.2) is 4.79 Å². The van der Waals surface area contributed by atoms with Crippen molar-refractivity contribution >= 4 is 17.8 Å². The Balaban J connectivity index is 2.11. The Labute approximate surface area is 118 Å². The van der Waals surface area contributed by atoms with Crippen molar-refractivity contribution in [2.75, 3.05) is 14.1 Å². The van der Waals surface area contributed by atoms with E-state index in [1.165, 1.54) is 52.3 Å². The average Bonchev–Trinajstić information content (AvgIpc) is 2.48. The fourth-order valence-corrected chi connectivity index (χ4v) is 2.63. The van der Waals surface area contributed by atoms with E-state index in [4.69, 9.17) is 0 Å². The molecule has 20 heavy (non-hydrogen) atoms. The number of carbonyl (C=O) groups excluding carboxylic acids is 3. The van der Waals surface area contributed by atoms with Crippen molar-refractivity contribution in [2.45, 2.75) is 32.1 Å². The van der Waals surface area contributed by atoms with Crippen LogP contribution < -0.4 is 0 Å². The first-order valence-corrected chi connectivity index (χ1v) is 7.01. The van der Waals surface area contributed by atoms with E-state index in [1.807, 2.05) is 0 Å². The van der Waals surface area contributed by atoms with Gasteiger partial charge < -0.3 is 0 Å². The number of amides is 4. The highest BCUT2D eigenvalue weighted by Crippen LogP contribution is 2.24. The van der Waals surface area contributed by atoms with Gasteiger partial charge in [-0.1, -0.05) is 31.4 Å². The highest BCUT2D eigenvalue weighted by Gasteiger charge is 2.37. The van der Waals surface area contributed by atoms with Crippen LogP contribution in [0.3, 0.4) is 0 Å². The second kappa shape index (κ2) is 6.03. The maximum absolute atomic E-state index is 11.9. The monoisotopic (exact) mass is 276 g/mol. The molecule has 0 atom stereocenters. The second-order valence-electron chi connectivity index (χ2n) is 5.37. The van der Waals surface area contributed by atoms with E-state index in [2.05, 4.69) is 6.08 Å². The predicted octanol–water partition coefficient (Wildman–Crippen LogP) is 2.10. The molecule has 0 unspecified atom stereocenters. The van der Waals surface area contributed by atoms with Crippen LogP contribution in [-0.2, 0) is 9.59 Å². The molecular weight excluding hydrogens is 256 g/mol. The fourth-order valence-electron chi connectivity index (χ4n) is 2.63. The molecule has 0 bridgehead atoms. The van der Waals surface area contributed by atoms with E-state index in [0.29, 0.717) is 5.92 Å². The van der Waals surface area contributed by atoms with Crippen molar-refractivity contribution in [1.82, 2.24) is 9.80 Å². The van der Waals surface area contributed by atoms with Gasteiger partial charge in [-0.15, -0.1) is 0 Å². The van der Waals surface area contributed by atoms with Gasteiger partial charge in [-0.2, -0.15) is 0 Å². The van der Waals surface area contributed by atoms with E-state index in [1.54, 1.807) is 6.08 Å². The molecule has 1 saturated carbocycles. The number of rotatable bonds is 2. The maximum Gasteiger partial charge on any atom is 0.333 e. The Kier molecular flexibility index (Phi) is 4.37. The quantitative estimate of drug-likeness (QED) is 0.573. The summed E-state index contributed by atoms with van der Waals surface area (Å²) < 4.78 is 0. The Morgan fingerprint density at radius 1 is 0.950 bits per heavy atom. The van der Waals surface area contributed by atoms with E-state index in [9.17, 15) is 14.4 Å². The summed E-state index contributed by atoms with van der Waals surface area (Å²) in [6, 6.07) is -0.589. The minimum Gasteiger partial charge on any atom is -0.268 e. The number of hydrogen-bond donors (Lipinski definition) is 0. The number of carbonyl (C=O) groups is 3. The molecule has 0 aromatic rings. The van der Waals surface area contributed by atoms with Gasteiger partial charge in [0.1, 0.15) is 5.57 Å². The number of hydrogen-bond acceptors (Lipinski definition) is 3. The van der Waals surface area contributed by atoms with Crippen LogP contribution in [0.15, 0.2) is 23.8 Å². The van der Waals surface area contributed by atoms with Crippen molar-refractivity contribution in [3.8, 4) is 0 Å². The molecule has 1 aliphatic heterocycles. The summed E-state index contributed by atoms with van der Waals surface area (Å²) in [5.41, 5.74) is 0.0432. The largest absolute Gasteiger partial charge is 0.333 e. The van der Waals surface area contributed by atoms with Gasteiger partial charge in [-0.3, -0.25) is 19.4 Å². The normalized spacial score (nSPS) is 22.1. The zero-order valence-corrected chi connectivity index (χ0v) is 12.0. The molecule has 1 saturated heterocycles. The van der Waals surface area contributed by atoms with Crippen molar-refractivity contribution in [3.05, 3.63) is 23.8 Å². The Hall–Kier alpha value is -1.91. The summed E-state index contributed by atoms with van der Waals surface area (Å²) in [5.74, 6) is -0.538. The molecule has 0 aromatic heterocycles. The predicted molar refractivity (Wildman–Crippen MR) is 74.7 cm³/mol. The van der Waals surface area contributed by atoms with E-state index < -0.39 is 17.8 Å². The van der Waals surface area contributed by atoms with Gasteiger partial charge in [0, 0.05) is 14.1 Å². The highest BCUT2D eigenvalue weighted by molar-refractivity contribution is 6.28. The van der Waals surface area contributed by atoms with Gasteiger partial charge in [0.05, 0.1) is 0 Å². The first-order valence-electron chi connectivity index (χ1n) is 7.01. The van der Waals surface area contributed by atoms with Crippen LogP contribution in [0.5, 0.6) is 0 Å². The zero-order valence-electron chi connectivity index (χ0n) is 12.0. The molecule has 2 fully saturated rings. The molecule has 2 rings (SSSR count). The summed E-state index contributed by atoms with van der Waals surface area (Å²) in [5, 5.41) is 0. The van der Waals surface area contributed by atoms with Crippen LogP contribution in [-0.4, -0.2) is 41.7 Å². The lowest BCUT2D eigenvalue weighted by atomic mass is 9.89. The molecule has 0 spiro atoms. The third-order valence-corrected chi connectivity index (χ3v) is 3.94. The Morgan fingerprint density at radius 3 is 2.05 bits per heavy atom. The van der Waals surface area contributed by atoms with Gasteiger partial charge in [0.2, 0.25) is 0 Å². The van der Waals surface area contributed by atoms with Crippen LogP contribution in [0.2, 0.25) is 0 Å². The van der Waals surface area contributed by atoms with Gasteiger partial charge in [0.25, 0.3) is 11.8 Å². The summed E-state index contributed by atoms with van der Waals surface area (Å²) in [6.07, 6.45) is 11.5. The molecule has 1 heterocycles. The topological polar surface area (TPSA) is 57.7 Å². The van der Waals surface area contributed by atoms with Crippen LogP contribution >= 0.6 is 0 Å². The first-order chi connectivity index (χ1) is 9.52. The van der Waals surface area contributed by atoms with Crippen molar-refractivity contribution in [1.29, 1.82) is 0 Å². The molecule has 0 radical (unpaired) electrons. The third kappa shape index (κ3) is 2.81. The van der Waals surface area contributed by atoms with Crippen LogP contribution in [0, 0.1) is 5.92 Å². The standard InChI is InChI=1S/C15H20N2O3/c1-16-13(18)12(14(19)17(2)15(16)20)10-6-9-11-7-4-3-5-8-11/h6,9-11H,3-5,7-8H2,1-2H3/b9-6+. The Bertz CT molecular complexity index is 461. The summed E-state index contributed by atoms with van der Waals surface area (Å²) in [7, 11) is 2.76. The molecule has 2 aliphatic rings. The zero-order chi connectivity index (χ0) is 14.7. The van der Waals surface area contributed by atoms with Crippen LogP contribution in [0.25, 0.3) is 0 Å². The van der Waals surface area contributed by atoms with Crippen LogP contribution in [0.4, 0.5) is 4.79 Å². The number of barbiturate groups is 1. The molecule has 108 valence electrons. The van der Waals surface area contributed by atoms with Crippen molar-refractivity contribution < 1.29 is 14.4 Å². The lowest BCUT2D eigenvalue weighted by Crippen LogP contribution is -2.52. The summed E-state index contributed by atoms with van der Waals surface area (Å²) >= 11 is 0.